The van der Waals surface area contributed by atoms with Crippen molar-refractivity contribution in [1.29, 1.82) is 0 Å². The third-order valence-corrected chi connectivity index (χ3v) is 4.89. The van der Waals surface area contributed by atoms with Crippen LogP contribution in [0.4, 0.5) is 0 Å². The number of ether oxygens (including phenoxy) is 2. The van der Waals surface area contributed by atoms with Gasteiger partial charge in [0.05, 0.1) is 20.0 Å². The predicted octanol–water partition coefficient (Wildman–Crippen LogP) is 4.34. The molecule has 0 amide bonds. The van der Waals surface area contributed by atoms with Gasteiger partial charge in [-0.15, -0.1) is 0 Å². The van der Waals surface area contributed by atoms with Crippen LogP contribution in [0.5, 0.6) is 11.5 Å². The van der Waals surface area contributed by atoms with E-state index in [9.17, 15) is 8.42 Å². The maximum absolute atomic E-state index is 11.0. The fourth-order valence-corrected chi connectivity index (χ4v) is 3.24. The average Bonchev–Trinajstić information content (AvgIpc) is 3.22. The molecule has 0 atom stereocenters. The van der Waals surface area contributed by atoms with Gasteiger partial charge in [-0.2, -0.15) is 8.42 Å². The molecule has 0 aliphatic rings. The Morgan fingerprint density at radius 2 is 1.87 bits per heavy atom. The molecule has 0 saturated heterocycles. The highest BCUT2D eigenvalue weighted by molar-refractivity contribution is 7.85. The molecule has 1 aromatic heterocycles. The molecule has 0 fully saturated rings. The minimum atomic E-state index is -3.41. The normalized spacial score (nSPS) is 11.7. The first-order chi connectivity index (χ1) is 14.9. The Balaban J connectivity index is 1.54. The molecule has 8 heteroatoms. The van der Waals surface area contributed by atoms with Crippen LogP contribution in [0, 0.1) is 0 Å². The van der Waals surface area contributed by atoms with E-state index in [-0.39, 0.29) is 13.2 Å². The summed E-state index contributed by atoms with van der Waals surface area (Å²) >= 11 is 0. The van der Waals surface area contributed by atoms with E-state index < -0.39 is 10.1 Å². The first kappa shape index (κ1) is 22.6. The van der Waals surface area contributed by atoms with Crippen LogP contribution in [-0.4, -0.2) is 33.4 Å². The summed E-state index contributed by atoms with van der Waals surface area (Å²) in [6.45, 7) is 0.382. The summed E-state index contributed by atoms with van der Waals surface area (Å²) in [5.74, 6) is 1.68. The van der Waals surface area contributed by atoms with Crippen molar-refractivity contribution in [1.82, 2.24) is 4.98 Å². The van der Waals surface area contributed by atoms with Crippen molar-refractivity contribution in [3.8, 4) is 11.5 Å². The van der Waals surface area contributed by atoms with E-state index in [1.807, 2.05) is 60.7 Å². The molecule has 3 rings (SSSR count). The fraction of sp³-hybridized carbons (Fsp3) is 0.261. The minimum absolute atomic E-state index is 0.145. The van der Waals surface area contributed by atoms with Crippen LogP contribution in [0.25, 0.3) is 12.2 Å². The lowest BCUT2D eigenvalue weighted by atomic mass is 10.1. The maximum Gasteiger partial charge on any atom is 0.264 e. The Morgan fingerprint density at radius 1 is 1.06 bits per heavy atom. The molecule has 0 aliphatic heterocycles. The summed E-state index contributed by atoms with van der Waals surface area (Å²) in [4.78, 5) is 4.40. The largest absolute Gasteiger partial charge is 0.493 e. The van der Waals surface area contributed by atoms with E-state index >= 15 is 0 Å². The molecule has 0 bridgehead atoms. The first-order valence-corrected chi connectivity index (χ1v) is 11.6. The molecular weight excluding hydrogens is 418 g/mol. The minimum Gasteiger partial charge on any atom is -0.493 e. The van der Waals surface area contributed by atoms with Crippen molar-refractivity contribution < 1.29 is 26.5 Å². The van der Waals surface area contributed by atoms with Crippen LogP contribution in [0.3, 0.4) is 0 Å². The molecule has 3 aromatic rings. The van der Waals surface area contributed by atoms with Gasteiger partial charge < -0.3 is 13.9 Å². The van der Waals surface area contributed by atoms with E-state index in [0.717, 1.165) is 17.4 Å². The van der Waals surface area contributed by atoms with Crippen molar-refractivity contribution >= 4 is 22.3 Å². The highest BCUT2D eigenvalue weighted by atomic mass is 32.2. The molecule has 1 heterocycles. The Labute approximate surface area is 182 Å². The van der Waals surface area contributed by atoms with Crippen molar-refractivity contribution in [3.05, 3.63) is 77.5 Å². The SMILES string of the molecule is COc1cc(CCCOS(C)(=O)=O)ccc1OCc1coc(C=Cc2ccccc2)n1. The summed E-state index contributed by atoms with van der Waals surface area (Å²) in [6, 6.07) is 15.5. The topological polar surface area (TPSA) is 87.9 Å². The van der Waals surface area contributed by atoms with Crippen LogP contribution in [0.15, 0.2) is 59.2 Å². The van der Waals surface area contributed by atoms with Crippen molar-refractivity contribution in [2.24, 2.45) is 0 Å². The zero-order valence-electron chi connectivity index (χ0n) is 17.5. The van der Waals surface area contributed by atoms with Crippen molar-refractivity contribution in [3.63, 3.8) is 0 Å². The first-order valence-electron chi connectivity index (χ1n) is 9.74. The number of aromatic nitrogens is 1. The number of hydrogen-bond acceptors (Lipinski definition) is 7. The number of methoxy groups -OCH3 is 1. The zero-order chi connectivity index (χ0) is 22.1. The van der Waals surface area contributed by atoms with Gasteiger partial charge in [0.25, 0.3) is 10.1 Å². The number of aryl methyl sites for hydroxylation is 1. The van der Waals surface area contributed by atoms with Gasteiger partial charge >= 0.3 is 0 Å². The number of benzene rings is 2. The van der Waals surface area contributed by atoms with Gasteiger partial charge in [0, 0.05) is 6.08 Å². The number of rotatable bonds is 11. The molecule has 0 saturated carbocycles. The molecule has 31 heavy (non-hydrogen) atoms. The molecule has 0 N–H and O–H groups in total. The number of hydrogen-bond donors (Lipinski definition) is 0. The van der Waals surface area contributed by atoms with E-state index in [4.69, 9.17) is 18.1 Å². The lowest BCUT2D eigenvalue weighted by Crippen LogP contribution is -2.05. The van der Waals surface area contributed by atoms with Gasteiger partial charge in [0.1, 0.15) is 18.6 Å². The molecule has 7 nitrogen and oxygen atoms in total. The molecule has 0 spiro atoms. The third-order valence-electron chi connectivity index (χ3n) is 4.30. The van der Waals surface area contributed by atoms with Crippen molar-refractivity contribution in [2.75, 3.05) is 20.0 Å². The Morgan fingerprint density at radius 3 is 2.61 bits per heavy atom. The quantitative estimate of drug-likeness (QED) is 0.322. The lowest BCUT2D eigenvalue weighted by molar-refractivity contribution is 0.280. The summed E-state index contributed by atoms with van der Waals surface area (Å²) < 4.78 is 43.5. The van der Waals surface area contributed by atoms with Gasteiger partial charge in [0.2, 0.25) is 5.89 Å². The molecule has 0 aliphatic carbocycles. The van der Waals surface area contributed by atoms with E-state index in [1.54, 1.807) is 13.4 Å². The molecule has 2 aromatic carbocycles. The Bertz CT molecular complexity index is 1110. The number of oxazole rings is 1. The van der Waals surface area contributed by atoms with Gasteiger partial charge in [-0.1, -0.05) is 36.4 Å². The smallest absolute Gasteiger partial charge is 0.264 e. The standard InChI is InChI=1S/C23H25NO6S/c1-27-22-15-19(9-6-14-30-31(2,25)26)10-12-21(22)28-16-20-17-29-23(24-20)13-11-18-7-4-3-5-8-18/h3-5,7-8,10-13,15,17H,6,9,14,16H2,1-2H3. The molecule has 0 radical (unpaired) electrons. The van der Waals surface area contributed by atoms with Gasteiger partial charge in [-0.25, -0.2) is 4.98 Å². The van der Waals surface area contributed by atoms with E-state index in [1.165, 1.54) is 0 Å². The lowest BCUT2D eigenvalue weighted by Gasteiger charge is -2.11. The van der Waals surface area contributed by atoms with Crippen LogP contribution in [0.2, 0.25) is 0 Å². The zero-order valence-corrected chi connectivity index (χ0v) is 18.3. The number of nitrogens with zero attached hydrogens (tertiary/aromatic N) is 1. The van der Waals surface area contributed by atoms with Crippen LogP contribution >= 0.6 is 0 Å². The maximum atomic E-state index is 11.0. The summed E-state index contributed by atoms with van der Waals surface area (Å²) in [5.41, 5.74) is 2.72. The molecule has 164 valence electrons. The van der Waals surface area contributed by atoms with Crippen LogP contribution in [0.1, 0.15) is 29.1 Å². The second-order valence-corrected chi connectivity index (χ2v) is 8.47. The summed E-state index contributed by atoms with van der Waals surface area (Å²) in [5, 5.41) is 0. The van der Waals surface area contributed by atoms with Gasteiger partial charge in [0.15, 0.2) is 11.5 Å². The van der Waals surface area contributed by atoms with Gasteiger partial charge in [-0.3, -0.25) is 4.18 Å². The highest BCUT2D eigenvalue weighted by Gasteiger charge is 2.09. The highest BCUT2D eigenvalue weighted by Crippen LogP contribution is 2.29. The third kappa shape index (κ3) is 7.58. The second kappa shape index (κ2) is 10.8. The fourth-order valence-electron chi connectivity index (χ4n) is 2.82. The van der Waals surface area contributed by atoms with Gasteiger partial charge in [-0.05, 0) is 42.2 Å². The second-order valence-electron chi connectivity index (χ2n) is 6.82. The Kier molecular flexibility index (Phi) is 7.86. The molecular formula is C23H25NO6S. The van der Waals surface area contributed by atoms with E-state index in [2.05, 4.69) is 4.98 Å². The average molecular weight is 444 g/mol. The summed E-state index contributed by atoms with van der Waals surface area (Å²) in [6.07, 6.45) is 7.58. The van der Waals surface area contributed by atoms with Crippen LogP contribution in [-0.2, 0) is 27.3 Å². The molecule has 0 unspecified atom stereocenters. The van der Waals surface area contributed by atoms with E-state index in [0.29, 0.717) is 35.9 Å². The van der Waals surface area contributed by atoms with Crippen molar-refractivity contribution in [2.45, 2.75) is 19.4 Å². The Hall–Kier alpha value is -3.10. The predicted molar refractivity (Wildman–Crippen MR) is 118 cm³/mol. The summed E-state index contributed by atoms with van der Waals surface area (Å²) in [7, 11) is -1.84. The van der Waals surface area contributed by atoms with Crippen LogP contribution < -0.4 is 9.47 Å². The monoisotopic (exact) mass is 443 g/mol.